The molecule has 3 unspecified atom stereocenters. The lowest BCUT2D eigenvalue weighted by Crippen LogP contribution is -2.33. The van der Waals surface area contributed by atoms with Gasteiger partial charge in [-0.1, -0.05) is 50.6 Å². The molecule has 0 radical (unpaired) electrons. The Morgan fingerprint density at radius 3 is 2.60 bits per heavy atom. The predicted molar refractivity (Wildman–Crippen MR) is 77.9 cm³/mol. The number of benzene rings is 1. The van der Waals surface area contributed by atoms with Crippen LogP contribution < -0.4 is 0 Å². The summed E-state index contributed by atoms with van der Waals surface area (Å²) >= 11 is 0. The van der Waals surface area contributed by atoms with Crippen LogP contribution in [-0.2, 0) is 13.6 Å². The third-order valence-corrected chi connectivity index (χ3v) is 5.42. The number of hydrogen-bond donors (Lipinski definition) is 0. The first-order chi connectivity index (χ1) is 9.60. The van der Waals surface area contributed by atoms with E-state index in [1.807, 2.05) is 6.07 Å². The minimum Gasteiger partial charge on any atom is -0.303 e. The Balaban J connectivity index is 2.18. The molecular weight excluding hydrogens is 275 g/mol. The Kier molecular flexibility index (Phi) is 5.14. The lowest BCUT2D eigenvalue weighted by Gasteiger charge is -2.34. The summed E-state index contributed by atoms with van der Waals surface area (Å²) in [6.45, 7) is 4.43. The van der Waals surface area contributed by atoms with Crippen molar-refractivity contribution in [3.05, 3.63) is 35.9 Å². The molecule has 3 atom stereocenters. The molecule has 1 fully saturated rings. The van der Waals surface area contributed by atoms with Crippen LogP contribution in [0.15, 0.2) is 30.3 Å². The third kappa shape index (κ3) is 3.20. The molecule has 1 saturated heterocycles. The highest BCUT2D eigenvalue weighted by atomic mass is 31.2. The van der Waals surface area contributed by atoms with Crippen LogP contribution in [0.3, 0.4) is 0 Å². The van der Waals surface area contributed by atoms with Gasteiger partial charge in [-0.2, -0.15) is 0 Å². The van der Waals surface area contributed by atoms with E-state index in [-0.39, 0.29) is 12.0 Å². The van der Waals surface area contributed by atoms with Gasteiger partial charge in [-0.25, -0.2) is 0 Å². The molecule has 5 heteroatoms. The molecular formula is C15H21O4P. The maximum absolute atomic E-state index is 12.7. The first-order valence-corrected chi connectivity index (χ1v) is 8.68. The van der Waals surface area contributed by atoms with Gasteiger partial charge in [-0.05, 0) is 12.8 Å². The second-order valence-corrected chi connectivity index (χ2v) is 6.94. The van der Waals surface area contributed by atoms with Crippen LogP contribution in [0.1, 0.15) is 43.5 Å². The topological polar surface area (TPSA) is 52.6 Å². The first-order valence-electron chi connectivity index (χ1n) is 7.13. The van der Waals surface area contributed by atoms with Crippen LogP contribution >= 0.6 is 7.60 Å². The number of rotatable bonds is 5. The van der Waals surface area contributed by atoms with Crippen LogP contribution in [0, 0.1) is 5.92 Å². The minimum atomic E-state index is -3.70. The summed E-state index contributed by atoms with van der Waals surface area (Å²) in [5.74, 6) is 0.209. The quantitative estimate of drug-likeness (QED) is 0.762. The highest BCUT2D eigenvalue weighted by Gasteiger charge is 2.44. The standard InChI is InChI=1S/C15H21O4P/c1-3-8-14-12(4-2)11-18-20(17,19-14)15(16)13-9-6-5-7-10-13/h5-7,9-10,12,14H,3-4,8,11H2,1-2H3. The molecule has 0 spiro atoms. The molecule has 1 aliphatic rings. The maximum Gasteiger partial charge on any atom is 0.401 e. The molecule has 0 aliphatic carbocycles. The summed E-state index contributed by atoms with van der Waals surface area (Å²) in [7, 11) is -3.70. The summed E-state index contributed by atoms with van der Waals surface area (Å²) in [5, 5.41) is 0. The lowest BCUT2D eigenvalue weighted by molar-refractivity contribution is 0.0192. The third-order valence-electron chi connectivity index (χ3n) is 3.63. The summed E-state index contributed by atoms with van der Waals surface area (Å²) in [6, 6.07) is 8.55. The fourth-order valence-corrected chi connectivity index (χ4v) is 4.16. The van der Waals surface area contributed by atoms with E-state index >= 15 is 0 Å². The maximum atomic E-state index is 12.7. The van der Waals surface area contributed by atoms with Crippen molar-refractivity contribution in [1.29, 1.82) is 0 Å². The highest BCUT2D eigenvalue weighted by Crippen LogP contribution is 2.56. The smallest absolute Gasteiger partial charge is 0.303 e. The van der Waals surface area contributed by atoms with Gasteiger partial charge < -0.3 is 4.52 Å². The van der Waals surface area contributed by atoms with Gasteiger partial charge in [0.2, 0.25) is 0 Å². The van der Waals surface area contributed by atoms with Crippen molar-refractivity contribution in [2.45, 2.75) is 39.2 Å². The molecule has 4 nitrogen and oxygen atoms in total. The Labute approximate surface area is 120 Å². The summed E-state index contributed by atoms with van der Waals surface area (Å²) in [4.78, 5) is 12.4. The van der Waals surface area contributed by atoms with E-state index in [9.17, 15) is 9.36 Å². The van der Waals surface area contributed by atoms with E-state index in [1.165, 1.54) is 0 Å². The van der Waals surface area contributed by atoms with Gasteiger partial charge in [0.05, 0.1) is 12.7 Å². The largest absolute Gasteiger partial charge is 0.401 e. The van der Waals surface area contributed by atoms with Gasteiger partial charge in [0, 0.05) is 11.5 Å². The Morgan fingerprint density at radius 2 is 2.00 bits per heavy atom. The SMILES string of the molecule is CCCC1OP(=O)(C(=O)c2ccccc2)OCC1CC. The van der Waals surface area contributed by atoms with Crippen molar-refractivity contribution in [2.75, 3.05) is 6.61 Å². The zero-order chi connectivity index (χ0) is 14.6. The Hall–Kier alpha value is -0.960. The van der Waals surface area contributed by atoms with E-state index in [2.05, 4.69) is 13.8 Å². The fourth-order valence-electron chi connectivity index (χ4n) is 2.39. The van der Waals surface area contributed by atoms with Crippen LogP contribution in [-0.4, -0.2) is 18.2 Å². The highest BCUT2D eigenvalue weighted by molar-refractivity contribution is 7.72. The lowest BCUT2D eigenvalue weighted by atomic mass is 9.97. The van der Waals surface area contributed by atoms with Gasteiger partial charge >= 0.3 is 7.60 Å². The second-order valence-electron chi connectivity index (χ2n) is 5.07. The normalized spacial score (nSPS) is 30.1. The number of hydrogen-bond acceptors (Lipinski definition) is 4. The molecule has 0 aromatic heterocycles. The molecule has 0 bridgehead atoms. The monoisotopic (exact) mass is 296 g/mol. The molecule has 1 heterocycles. The van der Waals surface area contributed by atoms with Gasteiger partial charge in [0.25, 0.3) is 5.52 Å². The molecule has 0 N–H and O–H groups in total. The minimum absolute atomic E-state index is 0.155. The van der Waals surface area contributed by atoms with Crippen molar-refractivity contribution in [3.8, 4) is 0 Å². The van der Waals surface area contributed by atoms with Crippen LogP contribution in [0.2, 0.25) is 0 Å². The van der Waals surface area contributed by atoms with E-state index in [0.29, 0.717) is 12.2 Å². The predicted octanol–water partition coefficient (Wildman–Crippen LogP) is 4.26. The molecule has 1 aliphatic heterocycles. The van der Waals surface area contributed by atoms with E-state index in [0.717, 1.165) is 19.3 Å². The van der Waals surface area contributed by atoms with Crippen LogP contribution in [0.5, 0.6) is 0 Å². The molecule has 1 aromatic carbocycles. The van der Waals surface area contributed by atoms with Crippen LogP contribution in [0.4, 0.5) is 0 Å². The van der Waals surface area contributed by atoms with E-state index < -0.39 is 13.1 Å². The number of carbonyl (C=O) groups excluding carboxylic acids is 1. The number of carbonyl (C=O) groups is 1. The molecule has 1 aromatic rings. The molecule has 110 valence electrons. The fraction of sp³-hybridized carbons (Fsp3) is 0.533. The molecule has 20 heavy (non-hydrogen) atoms. The Bertz CT molecular complexity index is 500. The van der Waals surface area contributed by atoms with Gasteiger partial charge in [-0.3, -0.25) is 13.9 Å². The summed E-state index contributed by atoms with van der Waals surface area (Å²) in [6.07, 6.45) is 2.47. The average Bonchev–Trinajstić information content (AvgIpc) is 2.48. The average molecular weight is 296 g/mol. The van der Waals surface area contributed by atoms with Gasteiger partial charge in [0.1, 0.15) is 0 Å². The van der Waals surface area contributed by atoms with Crippen LogP contribution in [0.25, 0.3) is 0 Å². The van der Waals surface area contributed by atoms with Crippen molar-refractivity contribution in [2.24, 2.45) is 5.92 Å². The zero-order valence-electron chi connectivity index (χ0n) is 12.0. The molecule has 0 saturated carbocycles. The summed E-state index contributed by atoms with van der Waals surface area (Å²) in [5.41, 5.74) is -0.158. The first kappa shape index (κ1) is 15.4. The van der Waals surface area contributed by atoms with E-state index in [1.54, 1.807) is 24.3 Å². The van der Waals surface area contributed by atoms with Gasteiger partial charge in [-0.15, -0.1) is 0 Å². The van der Waals surface area contributed by atoms with Crippen molar-refractivity contribution in [1.82, 2.24) is 0 Å². The summed E-state index contributed by atoms with van der Waals surface area (Å²) < 4.78 is 23.6. The second kappa shape index (κ2) is 6.66. The zero-order valence-corrected chi connectivity index (χ0v) is 12.8. The Morgan fingerprint density at radius 1 is 1.30 bits per heavy atom. The molecule has 2 rings (SSSR count). The van der Waals surface area contributed by atoms with Crippen molar-refractivity contribution < 1.29 is 18.4 Å². The van der Waals surface area contributed by atoms with Crippen molar-refractivity contribution >= 4 is 13.1 Å². The van der Waals surface area contributed by atoms with Gasteiger partial charge in [0.15, 0.2) is 0 Å². The van der Waals surface area contributed by atoms with E-state index in [4.69, 9.17) is 9.05 Å². The molecule has 0 amide bonds. The van der Waals surface area contributed by atoms with Crippen molar-refractivity contribution in [3.63, 3.8) is 0 Å².